The highest BCUT2D eigenvalue weighted by Gasteiger charge is 2.38. The van der Waals surface area contributed by atoms with E-state index in [4.69, 9.17) is 4.74 Å². The van der Waals surface area contributed by atoms with E-state index in [0.29, 0.717) is 13.2 Å². The van der Waals surface area contributed by atoms with Crippen molar-refractivity contribution in [3.63, 3.8) is 0 Å². The lowest BCUT2D eigenvalue weighted by molar-refractivity contribution is 0.170. The molecule has 1 unspecified atom stereocenters. The third kappa shape index (κ3) is 2.61. The van der Waals surface area contributed by atoms with E-state index in [0.717, 1.165) is 12.2 Å². The van der Waals surface area contributed by atoms with Gasteiger partial charge >= 0.3 is 6.09 Å². The molecule has 4 nitrogen and oxygen atoms in total. The van der Waals surface area contributed by atoms with Crippen molar-refractivity contribution in [2.75, 3.05) is 25.2 Å². The molecule has 1 rings (SSSR count). The van der Waals surface area contributed by atoms with E-state index < -0.39 is 11.8 Å². The first-order valence-corrected chi connectivity index (χ1v) is 9.47. The van der Waals surface area contributed by atoms with Crippen LogP contribution in [0.3, 0.4) is 0 Å². The van der Waals surface area contributed by atoms with Crippen LogP contribution < -0.4 is 0 Å². The van der Waals surface area contributed by atoms with Crippen LogP contribution in [0.15, 0.2) is 0 Å². The molecule has 1 fully saturated rings. The standard InChI is InChI=1S/C7H14NO3PS2/c1-3-6-14-12(10,13-2)8-4-5-11-7(8)9/h3-6H2,1-2H3. The molecule has 0 aromatic rings. The maximum absolute atomic E-state index is 12.3. The number of amides is 1. The largest absolute Gasteiger partial charge is 0.447 e. The molecule has 0 radical (unpaired) electrons. The predicted octanol–water partition coefficient (Wildman–Crippen LogP) is 3.05. The maximum atomic E-state index is 12.3. The predicted molar refractivity (Wildman–Crippen MR) is 61.9 cm³/mol. The van der Waals surface area contributed by atoms with Gasteiger partial charge in [0.15, 0.2) is 0 Å². The fourth-order valence-corrected chi connectivity index (χ4v) is 7.55. The summed E-state index contributed by atoms with van der Waals surface area (Å²) in [7, 11) is 0. The van der Waals surface area contributed by atoms with Gasteiger partial charge in [-0.05, 0) is 12.7 Å². The first-order chi connectivity index (χ1) is 6.64. The summed E-state index contributed by atoms with van der Waals surface area (Å²) in [4.78, 5) is 11.2. The van der Waals surface area contributed by atoms with Gasteiger partial charge in [0, 0.05) is 5.75 Å². The third-order valence-electron chi connectivity index (χ3n) is 1.72. The second kappa shape index (κ2) is 5.33. The van der Waals surface area contributed by atoms with E-state index in [1.807, 2.05) is 6.92 Å². The SMILES string of the molecule is CCCSP(=O)(SC)N1CCOC1=O. The molecule has 0 spiro atoms. The Bertz CT molecular complexity index is 261. The zero-order valence-corrected chi connectivity index (χ0v) is 10.8. The van der Waals surface area contributed by atoms with Crippen LogP contribution in [0.2, 0.25) is 0 Å². The van der Waals surface area contributed by atoms with Gasteiger partial charge in [0.2, 0.25) is 0 Å². The Kier molecular flexibility index (Phi) is 4.67. The summed E-state index contributed by atoms with van der Waals surface area (Å²) in [6.45, 7) is 2.84. The monoisotopic (exact) mass is 255 g/mol. The van der Waals surface area contributed by atoms with Crippen molar-refractivity contribution in [3.8, 4) is 0 Å². The highest BCUT2D eigenvalue weighted by Crippen LogP contribution is 2.70. The minimum Gasteiger partial charge on any atom is -0.447 e. The van der Waals surface area contributed by atoms with Crippen LogP contribution in [0.5, 0.6) is 0 Å². The molecule has 0 N–H and O–H groups in total. The van der Waals surface area contributed by atoms with Gasteiger partial charge in [0.25, 0.3) is 5.70 Å². The molecular weight excluding hydrogens is 241 g/mol. The summed E-state index contributed by atoms with van der Waals surface area (Å²) < 4.78 is 18.5. The van der Waals surface area contributed by atoms with Crippen LogP contribution in [0, 0.1) is 0 Å². The lowest BCUT2D eigenvalue weighted by Crippen LogP contribution is -2.18. The Balaban J connectivity index is 2.67. The van der Waals surface area contributed by atoms with Crippen LogP contribution in [-0.2, 0) is 9.30 Å². The molecule has 0 bridgehead atoms. The first-order valence-electron chi connectivity index (χ1n) is 4.39. The summed E-state index contributed by atoms with van der Waals surface area (Å²) in [6.07, 6.45) is 2.29. The third-order valence-corrected chi connectivity index (χ3v) is 10.4. The molecule has 0 aromatic heterocycles. The van der Waals surface area contributed by atoms with Crippen molar-refractivity contribution in [1.82, 2.24) is 4.67 Å². The second-order valence-corrected chi connectivity index (χ2v) is 10.7. The molecule has 1 aliphatic rings. The minimum atomic E-state index is -2.63. The van der Waals surface area contributed by atoms with Crippen molar-refractivity contribution in [1.29, 1.82) is 0 Å². The average Bonchev–Trinajstić information content (AvgIpc) is 2.61. The van der Waals surface area contributed by atoms with E-state index in [1.54, 1.807) is 6.26 Å². The lowest BCUT2D eigenvalue weighted by Gasteiger charge is -2.22. The molecule has 7 heteroatoms. The molecule has 1 atom stereocenters. The average molecular weight is 255 g/mol. The molecule has 0 aromatic carbocycles. The maximum Gasteiger partial charge on any atom is 0.416 e. The number of carbonyl (C=O) groups is 1. The summed E-state index contributed by atoms with van der Waals surface area (Å²) in [6, 6.07) is 0. The minimum absolute atomic E-state index is 0.357. The number of ether oxygens (including phenoxy) is 1. The summed E-state index contributed by atoms with van der Waals surface area (Å²) in [5.74, 6) is 0.807. The summed E-state index contributed by atoms with van der Waals surface area (Å²) in [5.41, 5.74) is -2.63. The zero-order valence-electron chi connectivity index (χ0n) is 8.26. The summed E-state index contributed by atoms with van der Waals surface area (Å²) in [5, 5.41) is 0. The van der Waals surface area contributed by atoms with Gasteiger partial charge in [-0.2, -0.15) is 0 Å². The quantitative estimate of drug-likeness (QED) is 0.706. The van der Waals surface area contributed by atoms with E-state index in [1.165, 1.54) is 27.4 Å². The van der Waals surface area contributed by atoms with Crippen molar-refractivity contribution < 1.29 is 14.1 Å². The van der Waals surface area contributed by atoms with Crippen LogP contribution in [-0.4, -0.2) is 35.9 Å². The van der Waals surface area contributed by atoms with Crippen LogP contribution in [0.4, 0.5) is 4.79 Å². The highest BCUT2D eigenvalue weighted by atomic mass is 33.1. The molecule has 14 heavy (non-hydrogen) atoms. The number of nitrogens with zero attached hydrogens (tertiary/aromatic N) is 1. The fourth-order valence-electron chi connectivity index (χ4n) is 1.04. The molecular formula is C7H14NO3PS2. The number of carbonyl (C=O) groups excluding carboxylic acids is 1. The number of rotatable bonds is 5. The van der Waals surface area contributed by atoms with E-state index in [-0.39, 0.29) is 0 Å². The Morgan fingerprint density at radius 2 is 2.36 bits per heavy atom. The van der Waals surface area contributed by atoms with Gasteiger partial charge in [0.05, 0.1) is 6.54 Å². The van der Waals surface area contributed by atoms with E-state index in [9.17, 15) is 9.36 Å². The normalized spacial score (nSPS) is 20.7. The van der Waals surface area contributed by atoms with Gasteiger partial charge in [-0.15, -0.1) is 0 Å². The molecule has 1 heterocycles. The molecule has 1 aliphatic heterocycles. The smallest absolute Gasteiger partial charge is 0.416 e. The lowest BCUT2D eigenvalue weighted by atomic mass is 10.6. The van der Waals surface area contributed by atoms with Crippen LogP contribution in [0.1, 0.15) is 13.3 Å². The Morgan fingerprint density at radius 3 is 2.79 bits per heavy atom. The molecule has 82 valence electrons. The molecule has 0 aliphatic carbocycles. The van der Waals surface area contributed by atoms with Crippen LogP contribution in [0.25, 0.3) is 0 Å². The van der Waals surface area contributed by atoms with Crippen molar-refractivity contribution in [3.05, 3.63) is 0 Å². The molecule has 1 amide bonds. The second-order valence-electron chi connectivity index (χ2n) is 2.72. The first kappa shape index (κ1) is 12.3. The highest BCUT2D eigenvalue weighted by molar-refractivity contribution is 8.89. The van der Waals surface area contributed by atoms with Gasteiger partial charge in [-0.25, -0.2) is 9.46 Å². The van der Waals surface area contributed by atoms with Gasteiger partial charge in [0.1, 0.15) is 6.61 Å². The molecule has 1 saturated heterocycles. The molecule has 0 saturated carbocycles. The van der Waals surface area contributed by atoms with Gasteiger partial charge in [-0.3, -0.25) is 4.57 Å². The van der Waals surface area contributed by atoms with E-state index >= 15 is 0 Å². The Labute approximate surface area is 92.0 Å². The zero-order chi connectivity index (χ0) is 10.6. The Hall–Kier alpha value is 0.200. The van der Waals surface area contributed by atoms with Crippen molar-refractivity contribution >= 4 is 34.6 Å². The van der Waals surface area contributed by atoms with Crippen LogP contribution >= 0.6 is 28.5 Å². The number of hydrogen-bond donors (Lipinski definition) is 0. The van der Waals surface area contributed by atoms with Gasteiger partial charge < -0.3 is 4.74 Å². The topological polar surface area (TPSA) is 46.6 Å². The summed E-state index contributed by atoms with van der Waals surface area (Å²) >= 11 is 2.63. The van der Waals surface area contributed by atoms with Crippen molar-refractivity contribution in [2.45, 2.75) is 13.3 Å². The Morgan fingerprint density at radius 1 is 1.64 bits per heavy atom. The van der Waals surface area contributed by atoms with Gasteiger partial charge in [-0.1, -0.05) is 29.7 Å². The number of cyclic esters (lactones) is 1. The van der Waals surface area contributed by atoms with E-state index in [2.05, 4.69) is 0 Å². The number of hydrogen-bond acceptors (Lipinski definition) is 5. The fraction of sp³-hybridized carbons (Fsp3) is 0.857. The van der Waals surface area contributed by atoms with Crippen molar-refractivity contribution in [2.24, 2.45) is 0 Å².